The van der Waals surface area contributed by atoms with E-state index in [1.165, 1.54) is 13.1 Å². The molecule has 9 heteroatoms. The topological polar surface area (TPSA) is 99.0 Å². The highest BCUT2D eigenvalue weighted by Gasteiger charge is 2.20. The molecule has 1 amide bonds. The Labute approximate surface area is 154 Å². The third-order valence-electron chi connectivity index (χ3n) is 3.68. The molecule has 1 N–H and O–H groups in total. The van der Waals surface area contributed by atoms with Crippen molar-refractivity contribution in [3.8, 4) is 0 Å². The van der Waals surface area contributed by atoms with Gasteiger partial charge in [-0.1, -0.05) is 16.8 Å². The predicted octanol–water partition coefficient (Wildman–Crippen LogP) is 2.68. The van der Waals surface area contributed by atoms with Gasteiger partial charge >= 0.3 is 5.97 Å². The molecular weight excluding hydrogens is 358 g/mol. The van der Waals surface area contributed by atoms with Crippen LogP contribution in [0.3, 0.4) is 0 Å². The van der Waals surface area contributed by atoms with E-state index in [1.54, 1.807) is 35.0 Å². The summed E-state index contributed by atoms with van der Waals surface area (Å²) in [7, 11) is 0. The van der Waals surface area contributed by atoms with E-state index < -0.39 is 18.0 Å². The largest absolute Gasteiger partial charge is 0.449 e. The fourth-order valence-corrected chi connectivity index (χ4v) is 2.40. The second kappa shape index (κ2) is 7.49. The van der Waals surface area contributed by atoms with Crippen LogP contribution >= 0.6 is 11.6 Å². The molecule has 2 aromatic heterocycles. The summed E-state index contributed by atoms with van der Waals surface area (Å²) < 4.78 is 6.94. The van der Waals surface area contributed by atoms with E-state index in [2.05, 4.69) is 20.6 Å². The van der Waals surface area contributed by atoms with E-state index >= 15 is 0 Å². The van der Waals surface area contributed by atoms with Gasteiger partial charge in [0.15, 0.2) is 6.10 Å². The van der Waals surface area contributed by atoms with E-state index in [4.69, 9.17) is 16.3 Å². The number of halogens is 1. The molecule has 1 aromatic carbocycles. The number of carbonyl (C=O) groups is 2. The average molecular weight is 374 g/mol. The number of aromatic nitrogens is 4. The summed E-state index contributed by atoms with van der Waals surface area (Å²) in [6.45, 7) is 4.11. The van der Waals surface area contributed by atoms with Gasteiger partial charge in [-0.05, 0) is 44.2 Å². The van der Waals surface area contributed by atoms with Crippen LogP contribution < -0.4 is 5.32 Å². The molecule has 3 rings (SSSR count). The summed E-state index contributed by atoms with van der Waals surface area (Å²) >= 11 is 5.74. The number of hydrogen-bond acceptors (Lipinski definition) is 6. The molecule has 0 spiro atoms. The first-order valence-corrected chi connectivity index (χ1v) is 8.32. The van der Waals surface area contributed by atoms with Crippen LogP contribution in [0.5, 0.6) is 0 Å². The number of amides is 1. The lowest BCUT2D eigenvalue weighted by molar-refractivity contribution is -0.123. The number of anilines is 1. The number of benzene rings is 1. The average Bonchev–Trinajstić information content (AvgIpc) is 3.05. The van der Waals surface area contributed by atoms with Gasteiger partial charge in [0.05, 0.1) is 16.1 Å². The fraction of sp³-hybridized carbons (Fsp3) is 0.235. The molecule has 0 unspecified atom stereocenters. The number of carbonyl (C=O) groups excluding carboxylic acids is 2. The quantitative estimate of drug-likeness (QED) is 0.690. The summed E-state index contributed by atoms with van der Waals surface area (Å²) in [6, 6.07) is 8.10. The Morgan fingerprint density at radius 1 is 1.31 bits per heavy atom. The Balaban J connectivity index is 1.66. The van der Waals surface area contributed by atoms with Gasteiger partial charge < -0.3 is 10.1 Å². The van der Waals surface area contributed by atoms with Crippen molar-refractivity contribution >= 4 is 40.3 Å². The summed E-state index contributed by atoms with van der Waals surface area (Å²) in [5, 5.41) is 11.0. The second-order valence-electron chi connectivity index (χ2n) is 5.51. The molecule has 0 fully saturated rings. The van der Waals surface area contributed by atoms with Crippen LogP contribution in [0.1, 0.15) is 24.2 Å². The number of pyridine rings is 1. The Kier molecular flexibility index (Phi) is 5.13. The number of rotatable bonds is 5. The molecule has 3 aromatic rings. The number of hydrogen-bond donors (Lipinski definition) is 1. The first-order valence-electron chi connectivity index (χ1n) is 7.94. The molecule has 2 heterocycles. The standard InChI is InChI=1S/C17H16ClN5O3/c1-3-23-14-6-4-11(8-13(14)21-22-23)17(25)26-10(2)16(24)20-15-7-5-12(18)9-19-15/h4-10H,3H2,1-2H3,(H,19,20,24)/t10-/m0/s1. The molecule has 1 atom stereocenters. The van der Waals surface area contributed by atoms with Crippen molar-refractivity contribution in [2.24, 2.45) is 0 Å². The number of ether oxygens (including phenoxy) is 1. The zero-order chi connectivity index (χ0) is 18.7. The van der Waals surface area contributed by atoms with Gasteiger partial charge in [0.25, 0.3) is 5.91 Å². The predicted molar refractivity (Wildman–Crippen MR) is 96.0 cm³/mol. The third kappa shape index (κ3) is 3.80. The van der Waals surface area contributed by atoms with E-state index in [9.17, 15) is 9.59 Å². The summed E-state index contributed by atoms with van der Waals surface area (Å²) in [4.78, 5) is 28.4. The molecular formula is C17H16ClN5O3. The molecule has 134 valence electrons. The Hall–Kier alpha value is -3.00. The Bertz CT molecular complexity index is 955. The van der Waals surface area contributed by atoms with Crippen molar-refractivity contribution in [2.75, 3.05) is 5.32 Å². The summed E-state index contributed by atoms with van der Waals surface area (Å²) in [5.41, 5.74) is 1.71. The van der Waals surface area contributed by atoms with Crippen molar-refractivity contribution < 1.29 is 14.3 Å². The minimum Gasteiger partial charge on any atom is -0.449 e. The van der Waals surface area contributed by atoms with Gasteiger partial charge in [-0.3, -0.25) is 4.79 Å². The second-order valence-corrected chi connectivity index (χ2v) is 5.94. The van der Waals surface area contributed by atoms with Gasteiger partial charge in [-0.25, -0.2) is 14.5 Å². The first kappa shape index (κ1) is 17.8. The van der Waals surface area contributed by atoms with Crippen LogP contribution in [0.15, 0.2) is 36.5 Å². The van der Waals surface area contributed by atoms with Crippen LogP contribution in [0.25, 0.3) is 11.0 Å². The molecule has 0 saturated carbocycles. The number of nitrogens with one attached hydrogen (secondary N) is 1. The minimum atomic E-state index is -0.998. The normalized spacial score (nSPS) is 12.0. The van der Waals surface area contributed by atoms with Crippen LogP contribution in [0.4, 0.5) is 5.82 Å². The minimum absolute atomic E-state index is 0.296. The van der Waals surface area contributed by atoms with E-state index in [1.807, 2.05) is 6.92 Å². The lowest BCUT2D eigenvalue weighted by Gasteiger charge is -2.13. The van der Waals surface area contributed by atoms with Gasteiger partial charge in [0.2, 0.25) is 0 Å². The Morgan fingerprint density at radius 3 is 2.81 bits per heavy atom. The van der Waals surface area contributed by atoms with Crippen molar-refractivity contribution in [1.29, 1.82) is 0 Å². The maximum absolute atomic E-state index is 12.3. The van der Waals surface area contributed by atoms with Gasteiger partial charge in [-0.2, -0.15) is 0 Å². The van der Waals surface area contributed by atoms with E-state index in [-0.39, 0.29) is 0 Å². The van der Waals surface area contributed by atoms with Gasteiger partial charge in [0.1, 0.15) is 11.3 Å². The highest BCUT2D eigenvalue weighted by molar-refractivity contribution is 6.30. The molecule has 0 radical (unpaired) electrons. The Morgan fingerprint density at radius 2 is 2.12 bits per heavy atom. The number of fused-ring (bicyclic) bond motifs is 1. The van der Waals surface area contributed by atoms with E-state index in [0.29, 0.717) is 28.5 Å². The zero-order valence-electron chi connectivity index (χ0n) is 14.1. The monoisotopic (exact) mass is 373 g/mol. The zero-order valence-corrected chi connectivity index (χ0v) is 14.9. The van der Waals surface area contributed by atoms with Crippen LogP contribution in [-0.4, -0.2) is 38.0 Å². The van der Waals surface area contributed by atoms with Crippen LogP contribution in [0.2, 0.25) is 5.02 Å². The van der Waals surface area contributed by atoms with Crippen LogP contribution in [-0.2, 0) is 16.1 Å². The smallest absolute Gasteiger partial charge is 0.338 e. The number of esters is 1. The maximum atomic E-state index is 12.3. The molecule has 0 aliphatic rings. The van der Waals surface area contributed by atoms with Crippen LogP contribution in [0, 0.1) is 0 Å². The molecule has 8 nitrogen and oxygen atoms in total. The summed E-state index contributed by atoms with van der Waals surface area (Å²) in [6.07, 6.45) is 0.411. The summed E-state index contributed by atoms with van der Waals surface area (Å²) in [5.74, 6) is -0.796. The first-order chi connectivity index (χ1) is 12.5. The molecule has 26 heavy (non-hydrogen) atoms. The molecule has 0 aliphatic carbocycles. The van der Waals surface area contributed by atoms with E-state index in [0.717, 1.165) is 5.52 Å². The maximum Gasteiger partial charge on any atom is 0.338 e. The number of aryl methyl sites for hydroxylation is 1. The lowest BCUT2D eigenvalue weighted by atomic mass is 10.2. The SMILES string of the molecule is CCn1nnc2cc(C(=O)O[C@@H](C)C(=O)Nc3ccc(Cl)cn3)ccc21. The lowest BCUT2D eigenvalue weighted by Crippen LogP contribution is -2.30. The highest BCUT2D eigenvalue weighted by atomic mass is 35.5. The molecule has 0 saturated heterocycles. The van der Waals surface area contributed by atoms with Crippen molar-refractivity contribution in [3.63, 3.8) is 0 Å². The van der Waals surface area contributed by atoms with Crippen molar-refractivity contribution in [2.45, 2.75) is 26.5 Å². The highest BCUT2D eigenvalue weighted by Crippen LogP contribution is 2.15. The fourth-order valence-electron chi connectivity index (χ4n) is 2.29. The van der Waals surface area contributed by atoms with Crippen molar-refractivity contribution in [3.05, 3.63) is 47.1 Å². The van der Waals surface area contributed by atoms with Gasteiger partial charge in [-0.15, -0.1) is 5.10 Å². The number of nitrogens with zero attached hydrogens (tertiary/aromatic N) is 4. The van der Waals surface area contributed by atoms with Gasteiger partial charge in [0, 0.05) is 12.7 Å². The third-order valence-corrected chi connectivity index (χ3v) is 3.90. The molecule has 0 aliphatic heterocycles. The molecule has 0 bridgehead atoms. The van der Waals surface area contributed by atoms with Crippen molar-refractivity contribution in [1.82, 2.24) is 20.0 Å².